The monoisotopic (exact) mass is 230 g/mol. The van der Waals surface area contributed by atoms with Crippen molar-refractivity contribution in [2.45, 2.75) is 25.7 Å². The molecule has 0 amide bonds. The van der Waals surface area contributed by atoms with Gasteiger partial charge in [0.15, 0.2) is 0 Å². The number of nitrogen functional groups attached to an aromatic ring is 1. The largest absolute Gasteiger partial charge is 0.396 e. The van der Waals surface area contributed by atoms with Crippen molar-refractivity contribution < 1.29 is 0 Å². The lowest BCUT2D eigenvalue weighted by Crippen LogP contribution is -1.96. The fourth-order valence-corrected chi connectivity index (χ4v) is 2.77. The van der Waals surface area contributed by atoms with Crippen LogP contribution in [-0.4, -0.2) is 9.97 Å². The third-order valence-corrected chi connectivity index (χ3v) is 3.83. The smallest absolute Gasteiger partial charge is 0.133 e. The number of nitriles is 1. The lowest BCUT2D eigenvalue weighted by molar-refractivity contribution is 0.932. The van der Waals surface area contributed by atoms with Crippen LogP contribution in [0.5, 0.6) is 0 Å². The molecule has 5 heteroatoms. The van der Waals surface area contributed by atoms with Crippen LogP contribution >= 0.6 is 11.3 Å². The summed E-state index contributed by atoms with van der Waals surface area (Å²) in [5, 5.41) is 9.79. The van der Waals surface area contributed by atoms with Gasteiger partial charge in [-0.3, -0.25) is 0 Å². The number of hydrogen-bond donors (Lipinski definition) is 1. The number of hydrogen-bond acceptors (Lipinski definition) is 5. The molecule has 2 heterocycles. The maximum absolute atomic E-state index is 8.93. The Morgan fingerprint density at radius 1 is 1.44 bits per heavy atom. The van der Waals surface area contributed by atoms with Gasteiger partial charge in [0, 0.05) is 5.92 Å². The summed E-state index contributed by atoms with van der Waals surface area (Å²) in [6.45, 7) is 1.93. The van der Waals surface area contributed by atoms with Gasteiger partial charge in [0.2, 0.25) is 0 Å². The Labute approximate surface area is 96.7 Å². The van der Waals surface area contributed by atoms with Crippen LogP contribution in [0.25, 0.3) is 10.2 Å². The number of anilines is 1. The average molecular weight is 230 g/mol. The van der Waals surface area contributed by atoms with Gasteiger partial charge >= 0.3 is 0 Å². The fourth-order valence-electron chi connectivity index (χ4n) is 1.82. The summed E-state index contributed by atoms with van der Waals surface area (Å²) in [7, 11) is 0. The highest BCUT2D eigenvalue weighted by atomic mass is 32.1. The molecule has 3 rings (SSSR count). The maximum Gasteiger partial charge on any atom is 0.133 e. The Bertz CT molecular complexity index is 619. The van der Waals surface area contributed by atoms with Gasteiger partial charge in [-0.15, -0.1) is 11.3 Å². The van der Waals surface area contributed by atoms with E-state index in [2.05, 4.69) is 16.0 Å². The highest BCUT2D eigenvalue weighted by molar-refractivity contribution is 7.19. The van der Waals surface area contributed by atoms with Crippen molar-refractivity contribution in [1.29, 1.82) is 5.26 Å². The molecular formula is C11H10N4S. The van der Waals surface area contributed by atoms with Crippen molar-refractivity contribution in [3.8, 4) is 6.07 Å². The second-order valence-corrected chi connectivity index (χ2v) is 5.08. The Kier molecular flexibility index (Phi) is 1.88. The van der Waals surface area contributed by atoms with E-state index in [4.69, 9.17) is 11.0 Å². The number of nitrogens with two attached hydrogens (primary N) is 1. The topological polar surface area (TPSA) is 75.6 Å². The first kappa shape index (κ1) is 9.55. The van der Waals surface area contributed by atoms with Crippen LogP contribution in [0.15, 0.2) is 0 Å². The molecule has 0 aromatic carbocycles. The van der Waals surface area contributed by atoms with E-state index in [0.717, 1.165) is 21.7 Å². The zero-order valence-electron chi connectivity index (χ0n) is 8.82. The zero-order chi connectivity index (χ0) is 11.3. The summed E-state index contributed by atoms with van der Waals surface area (Å²) in [6.07, 6.45) is 2.35. The predicted octanol–water partition coefficient (Wildman–Crippen LogP) is 2.33. The Morgan fingerprint density at radius 2 is 2.19 bits per heavy atom. The van der Waals surface area contributed by atoms with E-state index < -0.39 is 0 Å². The molecule has 4 nitrogen and oxygen atoms in total. The molecule has 0 saturated heterocycles. The van der Waals surface area contributed by atoms with Gasteiger partial charge in [0.05, 0.1) is 16.8 Å². The lowest BCUT2D eigenvalue weighted by atomic mass is 10.2. The van der Waals surface area contributed by atoms with Crippen LogP contribution < -0.4 is 5.73 Å². The van der Waals surface area contributed by atoms with E-state index in [1.54, 1.807) is 0 Å². The van der Waals surface area contributed by atoms with E-state index in [1.807, 2.05) is 6.92 Å². The van der Waals surface area contributed by atoms with Crippen LogP contribution in [0.2, 0.25) is 0 Å². The first-order valence-electron chi connectivity index (χ1n) is 5.17. The van der Waals surface area contributed by atoms with Gasteiger partial charge in [0.25, 0.3) is 0 Å². The second-order valence-electron chi connectivity index (χ2n) is 4.08. The van der Waals surface area contributed by atoms with Gasteiger partial charge in [-0.2, -0.15) is 5.26 Å². The van der Waals surface area contributed by atoms with Crippen LogP contribution in [0.1, 0.15) is 35.2 Å². The van der Waals surface area contributed by atoms with Crippen molar-refractivity contribution >= 4 is 27.2 Å². The molecule has 0 spiro atoms. The molecule has 0 atom stereocenters. The molecule has 0 radical (unpaired) electrons. The average Bonchev–Trinajstić information content (AvgIpc) is 3.04. The van der Waals surface area contributed by atoms with Crippen LogP contribution in [0.3, 0.4) is 0 Å². The van der Waals surface area contributed by atoms with Gasteiger partial charge < -0.3 is 5.73 Å². The van der Waals surface area contributed by atoms with E-state index in [0.29, 0.717) is 16.5 Å². The lowest BCUT2D eigenvalue weighted by Gasteiger charge is -2.00. The number of aryl methyl sites for hydroxylation is 1. The van der Waals surface area contributed by atoms with E-state index in [9.17, 15) is 0 Å². The summed E-state index contributed by atoms with van der Waals surface area (Å²) < 4.78 is 0. The third-order valence-electron chi connectivity index (χ3n) is 2.83. The van der Waals surface area contributed by atoms with Crippen LogP contribution in [0, 0.1) is 18.3 Å². The highest BCUT2D eigenvalue weighted by Crippen LogP contribution is 2.40. The Hall–Kier alpha value is -1.67. The zero-order valence-corrected chi connectivity index (χ0v) is 9.64. The first-order chi connectivity index (χ1) is 7.70. The first-order valence-corrected chi connectivity index (χ1v) is 5.99. The quantitative estimate of drug-likeness (QED) is 0.815. The van der Waals surface area contributed by atoms with Gasteiger partial charge in [-0.25, -0.2) is 9.97 Å². The molecule has 1 fully saturated rings. The van der Waals surface area contributed by atoms with E-state index in [1.165, 1.54) is 24.2 Å². The molecule has 0 aliphatic heterocycles. The minimum Gasteiger partial charge on any atom is -0.396 e. The minimum absolute atomic E-state index is 0.525. The molecule has 2 aromatic heterocycles. The number of nitrogens with zero attached hydrogens (tertiary/aromatic N) is 3. The Morgan fingerprint density at radius 3 is 2.81 bits per heavy atom. The standard InChI is InChI=1S/C11H10N4S/c1-5-8-9(13)7(4-12)16-11(8)15-10(14-5)6-2-3-6/h6H,2-3,13H2,1H3. The maximum atomic E-state index is 8.93. The van der Waals surface area contributed by atoms with Crippen molar-refractivity contribution in [1.82, 2.24) is 9.97 Å². The molecule has 16 heavy (non-hydrogen) atoms. The number of aromatic nitrogens is 2. The molecule has 0 unspecified atom stereocenters. The predicted molar refractivity (Wildman–Crippen MR) is 63.3 cm³/mol. The molecule has 1 saturated carbocycles. The van der Waals surface area contributed by atoms with E-state index >= 15 is 0 Å². The molecule has 2 aromatic rings. The van der Waals surface area contributed by atoms with Crippen LogP contribution in [0.4, 0.5) is 5.69 Å². The van der Waals surface area contributed by atoms with Gasteiger partial charge in [0.1, 0.15) is 21.6 Å². The molecule has 1 aliphatic carbocycles. The summed E-state index contributed by atoms with van der Waals surface area (Å²) in [5.74, 6) is 1.44. The number of thiophene rings is 1. The van der Waals surface area contributed by atoms with E-state index in [-0.39, 0.29) is 0 Å². The molecular weight excluding hydrogens is 220 g/mol. The summed E-state index contributed by atoms with van der Waals surface area (Å²) in [5.41, 5.74) is 7.32. The molecule has 1 aliphatic rings. The number of fused-ring (bicyclic) bond motifs is 1. The molecule has 80 valence electrons. The molecule has 2 N–H and O–H groups in total. The van der Waals surface area contributed by atoms with Crippen LogP contribution in [-0.2, 0) is 0 Å². The number of rotatable bonds is 1. The summed E-state index contributed by atoms with van der Waals surface area (Å²) >= 11 is 1.36. The minimum atomic E-state index is 0.525. The van der Waals surface area contributed by atoms with Crippen molar-refractivity contribution in [2.24, 2.45) is 0 Å². The fraction of sp³-hybridized carbons (Fsp3) is 0.364. The summed E-state index contributed by atoms with van der Waals surface area (Å²) in [6, 6.07) is 2.10. The van der Waals surface area contributed by atoms with Crippen molar-refractivity contribution in [3.05, 3.63) is 16.4 Å². The normalized spacial score (nSPS) is 15.2. The molecule has 0 bridgehead atoms. The Balaban J connectivity index is 2.31. The van der Waals surface area contributed by atoms with Crippen molar-refractivity contribution in [3.63, 3.8) is 0 Å². The second kappa shape index (κ2) is 3.16. The summed E-state index contributed by atoms with van der Waals surface area (Å²) in [4.78, 5) is 10.4. The highest BCUT2D eigenvalue weighted by Gasteiger charge is 2.28. The SMILES string of the molecule is Cc1nc(C2CC2)nc2sc(C#N)c(N)c12. The van der Waals surface area contributed by atoms with Gasteiger partial charge in [-0.1, -0.05) is 0 Å². The van der Waals surface area contributed by atoms with Gasteiger partial charge in [-0.05, 0) is 19.8 Å². The van der Waals surface area contributed by atoms with Crippen molar-refractivity contribution in [2.75, 3.05) is 5.73 Å². The third kappa shape index (κ3) is 1.27.